The molecule has 0 radical (unpaired) electrons. The van der Waals surface area contributed by atoms with Crippen LogP contribution in [0.25, 0.3) is 28.0 Å². The van der Waals surface area contributed by atoms with Crippen LogP contribution in [0.4, 0.5) is 11.6 Å². The molecule has 0 bridgehead atoms. The van der Waals surface area contributed by atoms with Gasteiger partial charge in [0, 0.05) is 62.1 Å². The average Bonchev–Trinajstić information content (AvgIpc) is 3.24. The molecule has 9 nitrogen and oxygen atoms in total. The van der Waals surface area contributed by atoms with E-state index in [4.69, 9.17) is 44.8 Å². The molecule has 3 heterocycles. The van der Waals surface area contributed by atoms with E-state index in [0.717, 1.165) is 22.5 Å². The number of carbonyl (C=O) groups is 2. The molecule has 0 saturated carbocycles. The largest absolute Gasteiger partial charge is 0.370 e. The summed E-state index contributed by atoms with van der Waals surface area (Å²) in [6.07, 6.45) is 0.521. The Hall–Kier alpha value is -3.82. The quantitative estimate of drug-likeness (QED) is 0.324. The molecule has 1 saturated heterocycles. The molecule has 2 aromatic heterocycles. The van der Waals surface area contributed by atoms with Gasteiger partial charge in [-0.05, 0) is 23.8 Å². The number of anilines is 2. The molecule has 0 spiro atoms. The molecule has 0 aliphatic carbocycles. The molecule has 0 atom stereocenters. The van der Waals surface area contributed by atoms with Gasteiger partial charge in [0.25, 0.3) is 0 Å². The molecular weight excluding hydrogens is 525 g/mol. The molecule has 1 fully saturated rings. The van der Waals surface area contributed by atoms with Crippen LogP contribution >= 0.6 is 23.2 Å². The number of benzene rings is 2. The van der Waals surface area contributed by atoms with Crippen molar-refractivity contribution in [2.24, 2.45) is 17.4 Å². The van der Waals surface area contributed by atoms with Gasteiger partial charge in [0.1, 0.15) is 17.3 Å². The Bertz CT molecular complexity index is 1510. The number of nitrogens with two attached hydrogens (primary N) is 2. The van der Waals surface area contributed by atoms with E-state index in [1.54, 1.807) is 0 Å². The number of hydrogen-bond acceptors (Lipinski definition) is 6. The van der Waals surface area contributed by atoms with Crippen molar-refractivity contribution in [3.8, 4) is 22.4 Å². The Morgan fingerprint density at radius 2 is 1.76 bits per heavy atom. The first-order valence-electron chi connectivity index (χ1n) is 12.2. The maximum absolute atomic E-state index is 11.5. The van der Waals surface area contributed by atoms with Gasteiger partial charge in [0.2, 0.25) is 11.8 Å². The van der Waals surface area contributed by atoms with E-state index in [0.29, 0.717) is 53.3 Å². The lowest BCUT2D eigenvalue weighted by molar-refractivity contribution is -0.119. The SMILES string of the molecule is CN(CCC(N)=O)c1cc(N2CC(CC(N)=O)C2)n2nc(-c3ccccc3Cl)c(-c3ccc(Cl)cc3)c2n1. The van der Waals surface area contributed by atoms with Crippen molar-refractivity contribution >= 4 is 52.3 Å². The normalized spacial score (nSPS) is 13.5. The first-order valence-corrected chi connectivity index (χ1v) is 12.9. The van der Waals surface area contributed by atoms with E-state index >= 15 is 0 Å². The molecule has 0 unspecified atom stereocenters. The molecule has 196 valence electrons. The minimum Gasteiger partial charge on any atom is -0.370 e. The van der Waals surface area contributed by atoms with Gasteiger partial charge in [0.05, 0.1) is 10.6 Å². The van der Waals surface area contributed by atoms with Crippen LogP contribution < -0.4 is 21.3 Å². The third-order valence-electron chi connectivity index (χ3n) is 6.67. The average molecular weight is 552 g/mol. The topological polar surface area (TPSA) is 123 Å². The van der Waals surface area contributed by atoms with Crippen molar-refractivity contribution in [1.29, 1.82) is 0 Å². The van der Waals surface area contributed by atoms with E-state index in [-0.39, 0.29) is 24.2 Å². The van der Waals surface area contributed by atoms with Gasteiger partial charge < -0.3 is 21.3 Å². The zero-order valence-electron chi connectivity index (χ0n) is 20.8. The highest BCUT2D eigenvalue weighted by Gasteiger charge is 2.32. The van der Waals surface area contributed by atoms with Crippen LogP contribution in [0.3, 0.4) is 0 Å². The van der Waals surface area contributed by atoms with E-state index in [9.17, 15) is 9.59 Å². The number of halogens is 2. The van der Waals surface area contributed by atoms with Crippen LogP contribution in [-0.4, -0.2) is 53.1 Å². The summed E-state index contributed by atoms with van der Waals surface area (Å²) < 4.78 is 1.81. The number of aromatic nitrogens is 3. The Labute approximate surface area is 229 Å². The highest BCUT2D eigenvalue weighted by molar-refractivity contribution is 6.33. The number of hydrogen-bond donors (Lipinski definition) is 2. The lowest BCUT2D eigenvalue weighted by Crippen LogP contribution is -2.49. The second-order valence-corrected chi connectivity index (χ2v) is 10.3. The number of rotatable bonds is 9. The number of carbonyl (C=O) groups excluding carboxylic acids is 2. The van der Waals surface area contributed by atoms with Gasteiger partial charge in [-0.1, -0.05) is 53.5 Å². The van der Waals surface area contributed by atoms with Crippen molar-refractivity contribution < 1.29 is 9.59 Å². The minimum absolute atomic E-state index is 0.168. The number of primary amides is 2. The Kier molecular flexibility index (Phi) is 7.14. The van der Waals surface area contributed by atoms with Crippen LogP contribution in [0.2, 0.25) is 10.0 Å². The van der Waals surface area contributed by atoms with Crippen LogP contribution in [0.1, 0.15) is 12.8 Å². The van der Waals surface area contributed by atoms with Gasteiger partial charge in [0.15, 0.2) is 5.65 Å². The fraction of sp³-hybridized carbons (Fsp3) is 0.259. The zero-order chi connectivity index (χ0) is 27.0. The summed E-state index contributed by atoms with van der Waals surface area (Å²) in [5.41, 5.74) is 14.6. The monoisotopic (exact) mass is 551 g/mol. The predicted molar refractivity (Wildman–Crippen MR) is 150 cm³/mol. The molecule has 2 aromatic carbocycles. The molecule has 2 amide bonds. The fourth-order valence-electron chi connectivity index (χ4n) is 4.70. The molecule has 1 aliphatic rings. The maximum atomic E-state index is 11.5. The summed E-state index contributed by atoms with van der Waals surface area (Å²) in [5.74, 6) is 0.938. The van der Waals surface area contributed by atoms with E-state index in [2.05, 4.69) is 4.90 Å². The minimum atomic E-state index is -0.387. The van der Waals surface area contributed by atoms with E-state index < -0.39 is 0 Å². The third-order valence-corrected chi connectivity index (χ3v) is 7.26. The van der Waals surface area contributed by atoms with Crippen molar-refractivity contribution in [3.63, 3.8) is 0 Å². The van der Waals surface area contributed by atoms with Crippen LogP contribution in [-0.2, 0) is 9.59 Å². The van der Waals surface area contributed by atoms with Crippen molar-refractivity contribution in [3.05, 3.63) is 64.6 Å². The highest BCUT2D eigenvalue weighted by Crippen LogP contribution is 2.40. The standard InChI is InChI=1S/C27H27Cl2N7O2/c1-34(11-10-21(30)37)23-13-24(35-14-16(15-35)12-22(31)38)36-27(32-23)25(17-6-8-18(28)9-7-17)26(33-36)19-4-2-3-5-20(19)29/h2-9,13,16H,10-12,14-15H2,1H3,(H2,30,37)(H2,31,38). The van der Waals surface area contributed by atoms with Crippen molar-refractivity contribution in [2.45, 2.75) is 12.8 Å². The predicted octanol–water partition coefficient (Wildman–Crippen LogP) is 3.99. The Balaban J connectivity index is 1.72. The van der Waals surface area contributed by atoms with Crippen molar-refractivity contribution in [1.82, 2.24) is 14.6 Å². The third kappa shape index (κ3) is 5.12. The van der Waals surface area contributed by atoms with E-state index in [1.807, 2.05) is 71.1 Å². The molecular formula is C27H27Cl2N7O2. The first kappa shape index (κ1) is 25.8. The number of amides is 2. The summed E-state index contributed by atoms with van der Waals surface area (Å²) >= 11 is 12.8. The molecule has 1 aliphatic heterocycles. The van der Waals surface area contributed by atoms with Gasteiger partial charge in [-0.3, -0.25) is 9.59 Å². The number of fused-ring (bicyclic) bond motifs is 1. The lowest BCUT2D eigenvalue weighted by Gasteiger charge is -2.40. The Morgan fingerprint density at radius 1 is 1.05 bits per heavy atom. The summed E-state index contributed by atoms with van der Waals surface area (Å²) in [7, 11) is 1.87. The maximum Gasteiger partial charge on any atom is 0.219 e. The fourth-order valence-corrected chi connectivity index (χ4v) is 5.05. The number of nitrogens with zero attached hydrogens (tertiary/aromatic N) is 5. The van der Waals surface area contributed by atoms with Gasteiger partial charge in [-0.2, -0.15) is 9.61 Å². The van der Waals surface area contributed by atoms with Gasteiger partial charge in [-0.15, -0.1) is 0 Å². The lowest BCUT2D eigenvalue weighted by atomic mass is 9.96. The van der Waals surface area contributed by atoms with Gasteiger partial charge in [-0.25, -0.2) is 4.98 Å². The molecule has 11 heteroatoms. The van der Waals surface area contributed by atoms with Crippen LogP contribution in [0.15, 0.2) is 54.6 Å². The summed E-state index contributed by atoms with van der Waals surface area (Å²) in [6, 6.07) is 17.0. The summed E-state index contributed by atoms with van der Waals surface area (Å²) in [6.45, 7) is 1.72. The summed E-state index contributed by atoms with van der Waals surface area (Å²) in [4.78, 5) is 31.9. The van der Waals surface area contributed by atoms with Crippen LogP contribution in [0.5, 0.6) is 0 Å². The van der Waals surface area contributed by atoms with Gasteiger partial charge >= 0.3 is 0 Å². The smallest absolute Gasteiger partial charge is 0.219 e. The van der Waals surface area contributed by atoms with E-state index in [1.165, 1.54) is 0 Å². The van der Waals surface area contributed by atoms with Crippen LogP contribution in [0, 0.1) is 5.92 Å². The first-order chi connectivity index (χ1) is 18.2. The highest BCUT2D eigenvalue weighted by atomic mass is 35.5. The second kappa shape index (κ2) is 10.5. The summed E-state index contributed by atoms with van der Waals surface area (Å²) in [5, 5.41) is 6.20. The second-order valence-electron chi connectivity index (χ2n) is 9.50. The van der Waals surface area contributed by atoms with Crippen molar-refractivity contribution in [2.75, 3.05) is 36.5 Å². The molecule has 4 aromatic rings. The molecule has 4 N–H and O–H groups in total. The Morgan fingerprint density at radius 3 is 2.42 bits per heavy atom. The zero-order valence-corrected chi connectivity index (χ0v) is 22.3. The molecule has 38 heavy (non-hydrogen) atoms. The molecule has 5 rings (SSSR count).